The Labute approximate surface area is 165 Å². The Morgan fingerprint density at radius 1 is 1.25 bits per heavy atom. The molecule has 1 saturated heterocycles. The number of carbonyl (C=O) groups is 1. The van der Waals surface area contributed by atoms with Gasteiger partial charge >= 0.3 is 0 Å². The first-order chi connectivity index (χ1) is 13.6. The van der Waals surface area contributed by atoms with Crippen molar-refractivity contribution in [3.05, 3.63) is 53.3 Å². The maximum Gasteiger partial charge on any atom is 0.272 e. The van der Waals surface area contributed by atoms with Crippen molar-refractivity contribution in [2.24, 2.45) is 5.41 Å². The molecule has 148 valence electrons. The van der Waals surface area contributed by atoms with E-state index >= 15 is 0 Å². The number of fused-ring (bicyclic) bond motifs is 1. The zero-order valence-electron chi connectivity index (χ0n) is 16.4. The summed E-state index contributed by atoms with van der Waals surface area (Å²) in [6.45, 7) is 4.43. The highest BCUT2D eigenvalue weighted by molar-refractivity contribution is 5.92. The van der Waals surface area contributed by atoms with Gasteiger partial charge in [0.1, 0.15) is 5.69 Å². The molecule has 1 fully saturated rings. The van der Waals surface area contributed by atoms with Gasteiger partial charge in [-0.25, -0.2) is 4.98 Å². The monoisotopic (exact) mass is 382 g/mol. The number of hydrogen-bond donors (Lipinski definition) is 0. The van der Waals surface area contributed by atoms with E-state index < -0.39 is 0 Å². The van der Waals surface area contributed by atoms with Crippen LogP contribution in [0.25, 0.3) is 0 Å². The van der Waals surface area contributed by atoms with E-state index in [2.05, 4.69) is 24.0 Å². The van der Waals surface area contributed by atoms with E-state index in [-0.39, 0.29) is 18.1 Å². The summed E-state index contributed by atoms with van der Waals surface area (Å²) < 4.78 is 16.0. The van der Waals surface area contributed by atoms with Crippen LogP contribution in [0.15, 0.2) is 36.4 Å². The number of nitrogens with zero attached hydrogens (tertiary/aromatic N) is 2. The third-order valence-corrected chi connectivity index (χ3v) is 5.45. The largest absolute Gasteiger partial charge is 0.454 e. The number of amides is 1. The Morgan fingerprint density at radius 2 is 2.11 bits per heavy atom. The molecule has 0 spiro atoms. The van der Waals surface area contributed by atoms with Crippen LogP contribution in [0.4, 0.5) is 0 Å². The number of piperidine rings is 1. The van der Waals surface area contributed by atoms with E-state index in [0.717, 1.165) is 49.5 Å². The predicted molar refractivity (Wildman–Crippen MR) is 104 cm³/mol. The SMILES string of the molecule is COCc1cccc(C(=O)N2CCCC(C)(Cc3ccc4c(c3)OCO4)C2)n1. The normalized spacial score (nSPS) is 21.0. The Balaban J connectivity index is 1.47. The van der Waals surface area contributed by atoms with Crippen LogP contribution >= 0.6 is 0 Å². The number of carbonyl (C=O) groups excluding carboxylic acids is 1. The minimum absolute atomic E-state index is 0.00503. The molecule has 4 rings (SSSR count). The van der Waals surface area contributed by atoms with Crippen LogP contribution < -0.4 is 9.47 Å². The van der Waals surface area contributed by atoms with Crippen molar-refractivity contribution in [3.8, 4) is 11.5 Å². The van der Waals surface area contributed by atoms with Crippen molar-refractivity contribution in [1.29, 1.82) is 0 Å². The minimum Gasteiger partial charge on any atom is -0.454 e. The van der Waals surface area contributed by atoms with Crippen LogP contribution in [-0.2, 0) is 17.8 Å². The van der Waals surface area contributed by atoms with Crippen LogP contribution in [0.3, 0.4) is 0 Å². The maximum atomic E-state index is 13.0. The molecule has 0 aliphatic carbocycles. The molecule has 1 unspecified atom stereocenters. The number of likely N-dealkylation sites (tertiary alicyclic amines) is 1. The molecule has 0 radical (unpaired) electrons. The first-order valence-corrected chi connectivity index (χ1v) is 9.69. The van der Waals surface area contributed by atoms with Crippen molar-refractivity contribution in [2.75, 3.05) is 27.0 Å². The quantitative estimate of drug-likeness (QED) is 0.793. The Hall–Kier alpha value is -2.60. The van der Waals surface area contributed by atoms with Gasteiger partial charge in [-0.05, 0) is 54.5 Å². The standard InChI is InChI=1S/C22H26N2O4/c1-22(12-16-7-8-19-20(11-16)28-15-27-19)9-4-10-24(14-22)21(25)18-6-3-5-17(23-18)13-26-2/h3,5-8,11H,4,9-10,12-15H2,1-2H3. The van der Waals surface area contributed by atoms with Gasteiger partial charge in [-0.2, -0.15) is 0 Å². The first-order valence-electron chi connectivity index (χ1n) is 9.69. The summed E-state index contributed by atoms with van der Waals surface area (Å²) >= 11 is 0. The second-order valence-electron chi connectivity index (χ2n) is 7.95. The van der Waals surface area contributed by atoms with Gasteiger partial charge in [0, 0.05) is 20.2 Å². The lowest BCUT2D eigenvalue weighted by Crippen LogP contribution is -2.46. The number of benzene rings is 1. The second kappa shape index (κ2) is 7.80. The molecule has 6 nitrogen and oxygen atoms in total. The molecule has 28 heavy (non-hydrogen) atoms. The number of rotatable bonds is 5. The van der Waals surface area contributed by atoms with Gasteiger partial charge in [0.05, 0.1) is 12.3 Å². The highest BCUT2D eigenvalue weighted by atomic mass is 16.7. The van der Waals surface area contributed by atoms with Gasteiger partial charge in [-0.15, -0.1) is 0 Å². The molecule has 1 aromatic heterocycles. The number of methoxy groups -OCH3 is 1. The first kappa shape index (κ1) is 18.7. The lowest BCUT2D eigenvalue weighted by atomic mass is 9.77. The number of hydrogen-bond acceptors (Lipinski definition) is 5. The number of aromatic nitrogens is 1. The molecular formula is C22H26N2O4. The van der Waals surface area contributed by atoms with Gasteiger partial charge < -0.3 is 19.1 Å². The molecule has 0 saturated carbocycles. The van der Waals surface area contributed by atoms with E-state index in [1.807, 2.05) is 23.1 Å². The van der Waals surface area contributed by atoms with Gasteiger partial charge in [0.25, 0.3) is 5.91 Å². The molecule has 2 aliphatic heterocycles. The van der Waals surface area contributed by atoms with Crippen LogP contribution in [0.2, 0.25) is 0 Å². The van der Waals surface area contributed by atoms with Crippen LogP contribution in [-0.4, -0.2) is 42.8 Å². The fourth-order valence-corrected chi connectivity index (χ4v) is 4.17. The highest BCUT2D eigenvalue weighted by Crippen LogP contribution is 2.37. The molecule has 6 heteroatoms. The van der Waals surface area contributed by atoms with E-state index in [1.165, 1.54) is 5.56 Å². The van der Waals surface area contributed by atoms with Crippen LogP contribution in [0, 0.1) is 5.41 Å². The van der Waals surface area contributed by atoms with Gasteiger partial charge in [0.2, 0.25) is 6.79 Å². The third kappa shape index (κ3) is 3.97. The lowest BCUT2D eigenvalue weighted by molar-refractivity contribution is 0.0544. The van der Waals surface area contributed by atoms with Crippen LogP contribution in [0.5, 0.6) is 11.5 Å². The third-order valence-electron chi connectivity index (χ3n) is 5.45. The molecular weight excluding hydrogens is 356 g/mol. The van der Waals surface area contributed by atoms with Crippen molar-refractivity contribution < 1.29 is 19.0 Å². The zero-order valence-corrected chi connectivity index (χ0v) is 16.4. The Bertz CT molecular complexity index is 869. The summed E-state index contributed by atoms with van der Waals surface area (Å²) in [5, 5.41) is 0. The minimum atomic E-state index is -0.00503. The summed E-state index contributed by atoms with van der Waals surface area (Å²) in [4.78, 5) is 19.4. The summed E-state index contributed by atoms with van der Waals surface area (Å²) in [5.41, 5.74) is 2.49. The van der Waals surface area contributed by atoms with Crippen molar-refractivity contribution in [2.45, 2.75) is 32.8 Å². The van der Waals surface area contributed by atoms with Gasteiger partial charge in [-0.3, -0.25) is 4.79 Å². The zero-order chi connectivity index (χ0) is 19.6. The summed E-state index contributed by atoms with van der Waals surface area (Å²) in [6, 6.07) is 11.6. The van der Waals surface area contributed by atoms with Gasteiger partial charge in [0.15, 0.2) is 11.5 Å². The second-order valence-corrected chi connectivity index (χ2v) is 7.95. The molecule has 1 amide bonds. The number of ether oxygens (including phenoxy) is 3. The fourth-order valence-electron chi connectivity index (χ4n) is 4.17. The average molecular weight is 382 g/mol. The predicted octanol–water partition coefficient (Wildman–Crippen LogP) is 3.44. The Morgan fingerprint density at radius 3 is 2.96 bits per heavy atom. The summed E-state index contributed by atoms with van der Waals surface area (Å²) in [6.07, 6.45) is 2.97. The molecule has 0 bridgehead atoms. The van der Waals surface area contributed by atoms with E-state index in [0.29, 0.717) is 12.3 Å². The highest BCUT2D eigenvalue weighted by Gasteiger charge is 2.34. The summed E-state index contributed by atoms with van der Waals surface area (Å²) in [7, 11) is 1.63. The summed E-state index contributed by atoms with van der Waals surface area (Å²) in [5.74, 6) is 1.61. The molecule has 1 aromatic carbocycles. The van der Waals surface area contributed by atoms with Crippen molar-refractivity contribution in [1.82, 2.24) is 9.88 Å². The molecule has 3 heterocycles. The maximum absolute atomic E-state index is 13.0. The fraction of sp³-hybridized carbons (Fsp3) is 0.455. The smallest absolute Gasteiger partial charge is 0.272 e. The number of pyridine rings is 1. The van der Waals surface area contributed by atoms with Gasteiger partial charge in [-0.1, -0.05) is 19.1 Å². The van der Waals surface area contributed by atoms with Crippen molar-refractivity contribution in [3.63, 3.8) is 0 Å². The van der Waals surface area contributed by atoms with E-state index in [9.17, 15) is 4.79 Å². The van der Waals surface area contributed by atoms with E-state index in [1.54, 1.807) is 13.2 Å². The van der Waals surface area contributed by atoms with Crippen LogP contribution in [0.1, 0.15) is 41.5 Å². The van der Waals surface area contributed by atoms with Crippen molar-refractivity contribution >= 4 is 5.91 Å². The molecule has 0 N–H and O–H groups in total. The molecule has 2 aromatic rings. The Kier molecular flexibility index (Phi) is 5.22. The molecule has 2 aliphatic rings. The topological polar surface area (TPSA) is 60.9 Å². The molecule has 1 atom stereocenters. The lowest BCUT2D eigenvalue weighted by Gasteiger charge is -2.40. The van der Waals surface area contributed by atoms with E-state index in [4.69, 9.17) is 14.2 Å². The average Bonchev–Trinajstić information content (AvgIpc) is 3.15.